The van der Waals surface area contributed by atoms with Gasteiger partial charge in [0.1, 0.15) is 0 Å². The quantitative estimate of drug-likeness (QED) is 0.544. The fourth-order valence-corrected chi connectivity index (χ4v) is 2.36. The van der Waals surface area contributed by atoms with Crippen molar-refractivity contribution in [3.63, 3.8) is 0 Å². The molecule has 0 aromatic rings. The lowest BCUT2D eigenvalue weighted by Crippen LogP contribution is -2.30. The van der Waals surface area contributed by atoms with E-state index < -0.39 is 0 Å². The third-order valence-corrected chi connectivity index (χ3v) is 3.71. The number of hydrogen-bond acceptors (Lipinski definition) is 2. The van der Waals surface area contributed by atoms with Crippen LogP contribution >= 0.6 is 11.8 Å². The minimum atomic E-state index is 0.481. The molecule has 0 bridgehead atoms. The number of thioether (sulfide) groups is 1. The minimum absolute atomic E-state index is 0.481. The molecule has 0 rings (SSSR count). The second-order valence-corrected chi connectivity index (χ2v) is 6.48. The average Bonchev–Trinajstić information content (AvgIpc) is 2.23. The Bertz CT molecular complexity index is 146. The fourth-order valence-electron chi connectivity index (χ4n) is 1.87. The monoisotopic (exact) mass is 245 g/mol. The predicted molar refractivity (Wildman–Crippen MR) is 78.4 cm³/mol. The van der Waals surface area contributed by atoms with Gasteiger partial charge in [-0.1, -0.05) is 40.0 Å². The molecule has 0 saturated heterocycles. The first-order valence-electron chi connectivity index (χ1n) is 6.82. The summed E-state index contributed by atoms with van der Waals surface area (Å²) in [5.41, 5.74) is 0.481. The summed E-state index contributed by atoms with van der Waals surface area (Å²) in [6, 6.07) is 0. The Hall–Kier alpha value is 0.310. The number of nitrogens with one attached hydrogen (secondary N) is 1. The lowest BCUT2D eigenvalue weighted by Gasteiger charge is -2.25. The summed E-state index contributed by atoms with van der Waals surface area (Å²) in [7, 11) is 0. The third kappa shape index (κ3) is 10.8. The van der Waals surface area contributed by atoms with E-state index in [-0.39, 0.29) is 0 Å². The Kier molecular flexibility index (Phi) is 10.7. The molecule has 16 heavy (non-hydrogen) atoms. The summed E-state index contributed by atoms with van der Waals surface area (Å²) in [6.07, 6.45) is 10.3. The number of hydrogen-bond donors (Lipinski definition) is 1. The van der Waals surface area contributed by atoms with Gasteiger partial charge < -0.3 is 5.32 Å². The van der Waals surface area contributed by atoms with Crippen LogP contribution in [0, 0.1) is 5.41 Å². The molecule has 0 spiro atoms. The van der Waals surface area contributed by atoms with Gasteiger partial charge in [0, 0.05) is 6.54 Å². The van der Waals surface area contributed by atoms with Gasteiger partial charge in [0.2, 0.25) is 0 Å². The van der Waals surface area contributed by atoms with Gasteiger partial charge >= 0.3 is 0 Å². The minimum Gasteiger partial charge on any atom is -0.316 e. The van der Waals surface area contributed by atoms with Crippen LogP contribution in [0.5, 0.6) is 0 Å². The molecule has 0 aliphatic carbocycles. The Morgan fingerprint density at radius 3 is 2.44 bits per heavy atom. The second kappa shape index (κ2) is 10.5. The zero-order chi connectivity index (χ0) is 12.3. The van der Waals surface area contributed by atoms with Gasteiger partial charge in [0.25, 0.3) is 0 Å². The molecule has 0 unspecified atom stereocenters. The molecule has 0 atom stereocenters. The van der Waals surface area contributed by atoms with E-state index in [1.165, 1.54) is 57.4 Å². The zero-order valence-electron chi connectivity index (χ0n) is 11.8. The molecule has 0 aromatic carbocycles. The SMILES string of the molecule is CCCCCC(C)(C)CNCCCCSC. The van der Waals surface area contributed by atoms with Crippen molar-refractivity contribution in [2.24, 2.45) is 5.41 Å². The maximum atomic E-state index is 3.60. The summed E-state index contributed by atoms with van der Waals surface area (Å²) in [6.45, 7) is 9.42. The van der Waals surface area contributed by atoms with Crippen molar-refractivity contribution < 1.29 is 0 Å². The van der Waals surface area contributed by atoms with Crippen LogP contribution in [0.2, 0.25) is 0 Å². The first kappa shape index (κ1) is 16.3. The summed E-state index contributed by atoms with van der Waals surface area (Å²) in [5, 5.41) is 3.60. The maximum absolute atomic E-state index is 3.60. The molecule has 0 saturated carbocycles. The van der Waals surface area contributed by atoms with Crippen molar-refractivity contribution >= 4 is 11.8 Å². The van der Waals surface area contributed by atoms with E-state index in [4.69, 9.17) is 0 Å². The van der Waals surface area contributed by atoms with Crippen LogP contribution in [-0.2, 0) is 0 Å². The standard InChI is InChI=1S/C14H31NS/c1-5-6-7-10-14(2,3)13-15-11-8-9-12-16-4/h15H,5-13H2,1-4H3. The predicted octanol–water partition coefficient (Wildman–Crippen LogP) is 4.33. The van der Waals surface area contributed by atoms with Crippen molar-refractivity contribution in [1.82, 2.24) is 5.32 Å². The van der Waals surface area contributed by atoms with Gasteiger partial charge in [-0.2, -0.15) is 11.8 Å². The Morgan fingerprint density at radius 2 is 1.81 bits per heavy atom. The highest BCUT2D eigenvalue weighted by Gasteiger charge is 2.15. The summed E-state index contributed by atoms with van der Waals surface area (Å²) < 4.78 is 0. The lowest BCUT2D eigenvalue weighted by molar-refractivity contribution is 0.302. The first-order chi connectivity index (χ1) is 7.62. The average molecular weight is 245 g/mol. The second-order valence-electron chi connectivity index (χ2n) is 5.50. The first-order valence-corrected chi connectivity index (χ1v) is 8.21. The highest BCUT2D eigenvalue weighted by Crippen LogP contribution is 2.22. The van der Waals surface area contributed by atoms with Gasteiger partial charge in [-0.15, -0.1) is 0 Å². The van der Waals surface area contributed by atoms with Crippen molar-refractivity contribution in [3.05, 3.63) is 0 Å². The normalized spacial score (nSPS) is 12.0. The van der Waals surface area contributed by atoms with Gasteiger partial charge in [-0.3, -0.25) is 0 Å². The molecule has 2 heteroatoms. The van der Waals surface area contributed by atoms with Crippen molar-refractivity contribution in [1.29, 1.82) is 0 Å². The molecule has 0 radical (unpaired) electrons. The Labute approximate surface area is 107 Å². The third-order valence-electron chi connectivity index (χ3n) is 3.01. The lowest BCUT2D eigenvalue weighted by atomic mass is 9.87. The van der Waals surface area contributed by atoms with Gasteiger partial charge in [0.15, 0.2) is 0 Å². The molecule has 98 valence electrons. The fraction of sp³-hybridized carbons (Fsp3) is 1.00. The van der Waals surface area contributed by atoms with Crippen molar-refractivity contribution in [3.8, 4) is 0 Å². The van der Waals surface area contributed by atoms with E-state index in [0.717, 1.165) is 0 Å². The van der Waals surface area contributed by atoms with Crippen LogP contribution in [0.15, 0.2) is 0 Å². The molecular weight excluding hydrogens is 214 g/mol. The van der Waals surface area contributed by atoms with E-state index in [1.54, 1.807) is 0 Å². The zero-order valence-corrected chi connectivity index (χ0v) is 12.6. The highest BCUT2D eigenvalue weighted by molar-refractivity contribution is 7.98. The van der Waals surface area contributed by atoms with Crippen LogP contribution in [-0.4, -0.2) is 25.1 Å². The maximum Gasteiger partial charge on any atom is 0.000252 e. The van der Waals surface area contributed by atoms with Crippen molar-refractivity contribution in [2.45, 2.75) is 59.3 Å². The van der Waals surface area contributed by atoms with Gasteiger partial charge in [-0.05, 0) is 43.2 Å². The topological polar surface area (TPSA) is 12.0 Å². The Balaban J connectivity index is 3.35. The molecule has 0 amide bonds. The van der Waals surface area contributed by atoms with E-state index in [1.807, 2.05) is 11.8 Å². The Morgan fingerprint density at radius 1 is 1.06 bits per heavy atom. The number of unbranched alkanes of at least 4 members (excludes halogenated alkanes) is 3. The summed E-state index contributed by atoms with van der Waals surface area (Å²) in [5.74, 6) is 1.31. The molecular formula is C14H31NS. The van der Waals surface area contributed by atoms with Gasteiger partial charge in [0.05, 0.1) is 0 Å². The summed E-state index contributed by atoms with van der Waals surface area (Å²) >= 11 is 1.95. The smallest absolute Gasteiger partial charge is 0.000252 e. The van der Waals surface area contributed by atoms with Crippen molar-refractivity contribution in [2.75, 3.05) is 25.1 Å². The van der Waals surface area contributed by atoms with Gasteiger partial charge in [-0.25, -0.2) is 0 Å². The largest absolute Gasteiger partial charge is 0.316 e. The molecule has 1 nitrogen and oxygen atoms in total. The molecule has 1 N–H and O–H groups in total. The van der Waals surface area contributed by atoms with Crippen LogP contribution in [0.4, 0.5) is 0 Å². The molecule has 0 fully saturated rings. The van der Waals surface area contributed by atoms with E-state index >= 15 is 0 Å². The van der Waals surface area contributed by atoms with Crippen LogP contribution in [0.3, 0.4) is 0 Å². The molecule has 0 aliphatic heterocycles. The van der Waals surface area contributed by atoms with E-state index in [9.17, 15) is 0 Å². The van der Waals surface area contributed by atoms with E-state index in [0.29, 0.717) is 5.41 Å². The number of rotatable bonds is 11. The highest BCUT2D eigenvalue weighted by atomic mass is 32.2. The van der Waals surface area contributed by atoms with Crippen LogP contribution in [0.25, 0.3) is 0 Å². The van der Waals surface area contributed by atoms with Crippen LogP contribution < -0.4 is 5.32 Å². The summed E-state index contributed by atoms with van der Waals surface area (Å²) in [4.78, 5) is 0. The molecule has 0 aromatic heterocycles. The molecule has 0 heterocycles. The van der Waals surface area contributed by atoms with E-state index in [2.05, 4.69) is 32.3 Å². The molecule has 0 aliphatic rings. The van der Waals surface area contributed by atoms with Crippen LogP contribution in [0.1, 0.15) is 59.3 Å².